The van der Waals surface area contributed by atoms with E-state index in [1.54, 1.807) is 0 Å². The van der Waals surface area contributed by atoms with Crippen molar-refractivity contribution in [1.29, 1.82) is 0 Å². The largest absolute Gasteiger partial charge is 0.437 e. The molecule has 3 nitrogen and oxygen atoms in total. The summed E-state index contributed by atoms with van der Waals surface area (Å²) in [7, 11) is 0. The number of hydrogen-bond donors (Lipinski definition) is 1. The zero-order valence-corrected chi connectivity index (χ0v) is 11.1. The topological polar surface area (TPSA) is 38.1 Å². The third-order valence-corrected chi connectivity index (χ3v) is 4.72. The van der Waals surface area contributed by atoms with Crippen LogP contribution in [0.4, 0.5) is 4.39 Å². The zero-order valence-electron chi connectivity index (χ0n) is 10.3. The molecule has 4 rings (SSSR count). The fourth-order valence-electron chi connectivity index (χ4n) is 3.57. The van der Waals surface area contributed by atoms with Crippen molar-refractivity contribution in [3.05, 3.63) is 28.9 Å². The SMILES string of the molecule is Fc1cc(Cl)c2oc(C3NCC4CCCC43)nc2c1. The molecule has 2 fully saturated rings. The van der Waals surface area contributed by atoms with E-state index in [0.29, 0.717) is 22.9 Å². The first kappa shape index (κ1) is 11.7. The Balaban J connectivity index is 1.77. The minimum Gasteiger partial charge on any atom is -0.437 e. The van der Waals surface area contributed by atoms with Crippen LogP contribution in [0.2, 0.25) is 5.02 Å². The Morgan fingerprint density at radius 3 is 3.16 bits per heavy atom. The number of rotatable bonds is 1. The van der Waals surface area contributed by atoms with Crippen molar-refractivity contribution in [3.63, 3.8) is 0 Å². The molecule has 0 radical (unpaired) electrons. The summed E-state index contributed by atoms with van der Waals surface area (Å²) in [5.41, 5.74) is 0.990. The molecule has 1 aromatic heterocycles. The molecule has 5 heteroatoms. The highest BCUT2D eigenvalue weighted by Crippen LogP contribution is 2.44. The van der Waals surface area contributed by atoms with Gasteiger partial charge in [0.15, 0.2) is 5.58 Å². The smallest absolute Gasteiger partial charge is 0.213 e. The molecule has 100 valence electrons. The van der Waals surface area contributed by atoms with Gasteiger partial charge in [0.05, 0.1) is 11.1 Å². The molecule has 3 atom stereocenters. The molecule has 19 heavy (non-hydrogen) atoms. The molecule has 1 aliphatic carbocycles. The average molecular weight is 281 g/mol. The first-order valence-corrected chi connectivity index (χ1v) is 7.09. The maximum absolute atomic E-state index is 13.3. The number of nitrogens with one attached hydrogen (secondary N) is 1. The molecule has 2 aliphatic rings. The highest BCUT2D eigenvalue weighted by atomic mass is 35.5. The molecule has 1 N–H and O–H groups in total. The average Bonchev–Trinajstić information content (AvgIpc) is 2.99. The molecule has 3 unspecified atom stereocenters. The summed E-state index contributed by atoms with van der Waals surface area (Å²) in [5.74, 6) is 1.59. The Morgan fingerprint density at radius 1 is 1.37 bits per heavy atom. The van der Waals surface area contributed by atoms with Gasteiger partial charge < -0.3 is 9.73 Å². The third kappa shape index (κ3) is 1.77. The molecule has 1 saturated carbocycles. The van der Waals surface area contributed by atoms with Crippen molar-refractivity contribution >= 4 is 22.7 Å². The Labute approximate surface area is 115 Å². The second-order valence-electron chi connectivity index (χ2n) is 5.53. The highest BCUT2D eigenvalue weighted by Gasteiger charge is 2.41. The minimum absolute atomic E-state index is 0.152. The Bertz CT molecular complexity index is 642. The van der Waals surface area contributed by atoms with Gasteiger partial charge in [0.1, 0.15) is 11.3 Å². The van der Waals surface area contributed by atoms with Crippen molar-refractivity contribution < 1.29 is 8.81 Å². The minimum atomic E-state index is -0.379. The fourth-order valence-corrected chi connectivity index (χ4v) is 3.81. The Morgan fingerprint density at radius 2 is 2.26 bits per heavy atom. The Kier molecular flexibility index (Phi) is 2.57. The van der Waals surface area contributed by atoms with E-state index in [1.807, 2.05) is 0 Å². The lowest BCUT2D eigenvalue weighted by molar-refractivity contribution is 0.356. The molecule has 2 aromatic rings. The zero-order chi connectivity index (χ0) is 13.0. The van der Waals surface area contributed by atoms with Gasteiger partial charge in [-0.15, -0.1) is 0 Å². The standard InChI is InChI=1S/C14H14ClFN2O/c15-10-4-8(16)5-11-13(10)19-14(18-11)12-9-3-1-2-7(9)6-17-12/h4-5,7,9,12,17H,1-3,6H2. The Hall–Kier alpha value is -1.13. The number of oxazole rings is 1. The van der Waals surface area contributed by atoms with Gasteiger partial charge >= 0.3 is 0 Å². The summed E-state index contributed by atoms with van der Waals surface area (Å²) in [4.78, 5) is 4.42. The van der Waals surface area contributed by atoms with Gasteiger partial charge in [0.25, 0.3) is 0 Å². The summed E-state index contributed by atoms with van der Waals surface area (Å²) in [5, 5.41) is 3.76. The van der Waals surface area contributed by atoms with Crippen molar-refractivity contribution in [2.24, 2.45) is 11.8 Å². The molecular formula is C14H14ClFN2O. The van der Waals surface area contributed by atoms with Crippen LogP contribution >= 0.6 is 11.6 Å². The monoisotopic (exact) mass is 280 g/mol. The van der Waals surface area contributed by atoms with E-state index in [4.69, 9.17) is 16.0 Å². The second kappa shape index (κ2) is 4.18. The normalized spacial score (nSPS) is 30.1. The summed E-state index contributed by atoms with van der Waals surface area (Å²) in [6.07, 6.45) is 3.77. The lowest BCUT2D eigenvalue weighted by atomic mass is 9.94. The maximum atomic E-state index is 13.3. The number of hydrogen-bond acceptors (Lipinski definition) is 3. The van der Waals surface area contributed by atoms with Gasteiger partial charge in [0.2, 0.25) is 5.89 Å². The van der Waals surface area contributed by atoms with Gasteiger partial charge in [-0.05, 0) is 37.3 Å². The van der Waals surface area contributed by atoms with E-state index in [9.17, 15) is 4.39 Å². The molecule has 0 bridgehead atoms. The van der Waals surface area contributed by atoms with E-state index < -0.39 is 0 Å². The molecule has 0 spiro atoms. The number of aromatic nitrogens is 1. The molecule has 1 saturated heterocycles. The highest BCUT2D eigenvalue weighted by molar-refractivity contribution is 6.34. The van der Waals surface area contributed by atoms with E-state index >= 15 is 0 Å². The van der Waals surface area contributed by atoms with Gasteiger partial charge in [-0.25, -0.2) is 9.37 Å². The van der Waals surface area contributed by atoms with Crippen LogP contribution in [0.3, 0.4) is 0 Å². The van der Waals surface area contributed by atoms with Crippen LogP contribution in [-0.2, 0) is 0 Å². The van der Waals surface area contributed by atoms with E-state index in [-0.39, 0.29) is 16.9 Å². The van der Waals surface area contributed by atoms with Crippen molar-refractivity contribution in [2.75, 3.05) is 6.54 Å². The van der Waals surface area contributed by atoms with Crippen LogP contribution in [0.5, 0.6) is 0 Å². The van der Waals surface area contributed by atoms with Gasteiger partial charge in [-0.2, -0.15) is 0 Å². The second-order valence-corrected chi connectivity index (χ2v) is 5.94. The fraction of sp³-hybridized carbons (Fsp3) is 0.500. The van der Waals surface area contributed by atoms with Gasteiger partial charge in [-0.3, -0.25) is 0 Å². The summed E-state index contributed by atoms with van der Waals surface area (Å²) < 4.78 is 19.1. The number of benzene rings is 1. The number of fused-ring (bicyclic) bond motifs is 2. The number of halogens is 2. The molecule has 1 aromatic carbocycles. The van der Waals surface area contributed by atoms with Crippen LogP contribution in [0.15, 0.2) is 16.5 Å². The lowest BCUT2D eigenvalue weighted by Gasteiger charge is -2.13. The van der Waals surface area contributed by atoms with E-state index in [0.717, 1.165) is 12.5 Å². The van der Waals surface area contributed by atoms with Crippen LogP contribution in [0.25, 0.3) is 11.1 Å². The molecule has 2 heterocycles. The third-order valence-electron chi connectivity index (χ3n) is 4.44. The van der Waals surface area contributed by atoms with E-state index in [1.165, 1.54) is 31.4 Å². The van der Waals surface area contributed by atoms with Crippen molar-refractivity contribution in [3.8, 4) is 0 Å². The molecule has 1 aliphatic heterocycles. The molecular weight excluding hydrogens is 267 g/mol. The predicted molar refractivity (Wildman–Crippen MR) is 70.6 cm³/mol. The molecule has 0 amide bonds. The van der Waals surface area contributed by atoms with Crippen LogP contribution in [0.1, 0.15) is 31.2 Å². The van der Waals surface area contributed by atoms with Crippen molar-refractivity contribution in [2.45, 2.75) is 25.3 Å². The first-order chi connectivity index (χ1) is 9.22. The van der Waals surface area contributed by atoms with Crippen LogP contribution < -0.4 is 5.32 Å². The van der Waals surface area contributed by atoms with Crippen LogP contribution in [-0.4, -0.2) is 11.5 Å². The maximum Gasteiger partial charge on any atom is 0.213 e. The first-order valence-electron chi connectivity index (χ1n) is 6.71. The predicted octanol–water partition coefficient (Wildman–Crippen LogP) is 3.68. The van der Waals surface area contributed by atoms with Gasteiger partial charge in [-0.1, -0.05) is 18.0 Å². The number of nitrogens with zero attached hydrogens (tertiary/aromatic N) is 1. The summed E-state index contributed by atoms with van der Waals surface area (Å²) in [6.45, 7) is 1.02. The van der Waals surface area contributed by atoms with Crippen molar-refractivity contribution in [1.82, 2.24) is 10.3 Å². The van der Waals surface area contributed by atoms with Crippen LogP contribution in [0, 0.1) is 17.7 Å². The van der Waals surface area contributed by atoms with E-state index in [2.05, 4.69) is 10.3 Å². The quantitative estimate of drug-likeness (QED) is 0.866. The summed E-state index contributed by atoms with van der Waals surface area (Å²) >= 11 is 6.00. The lowest BCUT2D eigenvalue weighted by Crippen LogP contribution is -2.17. The summed E-state index contributed by atoms with van der Waals surface area (Å²) in [6, 6.07) is 2.79. The van der Waals surface area contributed by atoms with Gasteiger partial charge in [0, 0.05) is 6.07 Å².